The summed E-state index contributed by atoms with van der Waals surface area (Å²) in [5, 5.41) is 0. The third kappa shape index (κ3) is 14.5. The maximum atomic E-state index is 8.88. The average Bonchev–Trinajstić information content (AvgIpc) is 2.76. The Morgan fingerprint density at radius 3 is 1.41 bits per heavy atom. The van der Waals surface area contributed by atoms with Gasteiger partial charge in [-0.2, -0.15) is 0 Å². The minimum Gasteiger partial charge on any atom is -0.799 e. The summed E-state index contributed by atoms with van der Waals surface area (Å²) in [6, 6.07) is 0. The molecule has 0 aliphatic heterocycles. The molecule has 2 heterocycles. The van der Waals surface area contributed by atoms with Gasteiger partial charge >= 0.3 is 0 Å². The monoisotopic (exact) mass is 261 g/mol. The van der Waals surface area contributed by atoms with Gasteiger partial charge in [0, 0.05) is 0 Å². The van der Waals surface area contributed by atoms with Crippen LogP contribution in [0.1, 0.15) is 0 Å². The van der Waals surface area contributed by atoms with Crippen LogP contribution in [-0.4, -0.2) is 9.97 Å². The SMILES string of the molecule is C[n+]1cc[nH]c1.C[n+]1cc[nH]c1.NP(=O)([O-])[O-]. The Labute approximate surface area is 99.0 Å². The predicted molar refractivity (Wildman–Crippen MR) is 55.7 cm³/mol. The molecule has 96 valence electrons. The van der Waals surface area contributed by atoms with Gasteiger partial charge in [0.15, 0.2) is 0 Å². The molecule has 2 aromatic heterocycles. The summed E-state index contributed by atoms with van der Waals surface area (Å²) in [5.74, 6) is 0. The number of imidazole rings is 2. The van der Waals surface area contributed by atoms with Crippen LogP contribution < -0.4 is 24.4 Å². The van der Waals surface area contributed by atoms with Crippen LogP contribution in [0.4, 0.5) is 0 Å². The minimum atomic E-state index is -4.64. The van der Waals surface area contributed by atoms with E-state index in [0.29, 0.717) is 0 Å². The van der Waals surface area contributed by atoms with Crippen molar-refractivity contribution in [2.75, 3.05) is 0 Å². The van der Waals surface area contributed by atoms with Crippen LogP contribution >= 0.6 is 7.75 Å². The third-order valence-electron chi connectivity index (χ3n) is 1.37. The highest BCUT2D eigenvalue weighted by Gasteiger charge is 1.79. The molecular weight excluding hydrogens is 245 g/mol. The van der Waals surface area contributed by atoms with Crippen molar-refractivity contribution in [3.8, 4) is 0 Å². The molecule has 0 bridgehead atoms. The first kappa shape index (κ1) is 15.5. The number of nitrogens with two attached hydrogens (primary N) is 1. The van der Waals surface area contributed by atoms with Gasteiger partial charge in [0.1, 0.15) is 24.8 Å². The molecule has 4 N–H and O–H groups in total. The Balaban J connectivity index is 0.000000228. The molecule has 17 heavy (non-hydrogen) atoms. The molecule has 2 aromatic rings. The van der Waals surface area contributed by atoms with Crippen molar-refractivity contribution < 1.29 is 23.5 Å². The molecule has 0 aliphatic carbocycles. The lowest BCUT2D eigenvalue weighted by Crippen LogP contribution is -2.22. The highest BCUT2D eigenvalue weighted by Crippen LogP contribution is 2.04. The normalized spacial score (nSPS) is 9.71. The van der Waals surface area contributed by atoms with Crippen LogP contribution in [0.3, 0.4) is 0 Å². The van der Waals surface area contributed by atoms with Crippen LogP contribution in [0.15, 0.2) is 37.4 Å². The zero-order valence-corrected chi connectivity index (χ0v) is 10.5. The molecule has 0 amide bonds. The van der Waals surface area contributed by atoms with Gasteiger partial charge in [-0.1, -0.05) is 0 Å². The van der Waals surface area contributed by atoms with Gasteiger partial charge in [-0.3, -0.25) is 9.97 Å². The fourth-order valence-electron chi connectivity index (χ4n) is 0.728. The lowest BCUT2D eigenvalue weighted by Gasteiger charge is -2.21. The summed E-state index contributed by atoms with van der Waals surface area (Å²) in [6.45, 7) is 0. The van der Waals surface area contributed by atoms with Crippen LogP contribution in [0, 0.1) is 0 Å². The van der Waals surface area contributed by atoms with Crippen molar-refractivity contribution in [2.45, 2.75) is 0 Å². The predicted octanol–water partition coefficient (Wildman–Crippen LogP) is -2.55. The highest BCUT2D eigenvalue weighted by atomic mass is 31.2. The molecule has 0 atom stereocenters. The minimum absolute atomic E-state index is 1.88. The zero-order valence-electron chi connectivity index (χ0n) is 9.61. The van der Waals surface area contributed by atoms with Crippen LogP contribution in [0.2, 0.25) is 0 Å². The maximum absolute atomic E-state index is 8.88. The van der Waals surface area contributed by atoms with Crippen molar-refractivity contribution in [3.63, 3.8) is 0 Å². The molecule has 0 saturated heterocycles. The molecule has 8 nitrogen and oxygen atoms in total. The van der Waals surface area contributed by atoms with E-state index >= 15 is 0 Å². The Morgan fingerprint density at radius 2 is 1.35 bits per heavy atom. The van der Waals surface area contributed by atoms with E-state index in [1.165, 1.54) is 0 Å². The van der Waals surface area contributed by atoms with E-state index in [1.54, 1.807) is 0 Å². The van der Waals surface area contributed by atoms with Crippen molar-refractivity contribution >= 4 is 7.75 Å². The lowest BCUT2D eigenvalue weighted by atomic mass is 10.9. The third-order valence-corrected chi connectivity index (χ3v) is 1.37. The number of aromatic amines is 2. The number of hydrogen-bond donors (Lipinski definition) is 3. The van der Waals surface area contributed by atoms with Gasteiger partial charge in [0.05, 0.1) is 14.1 Å². The van der Waals surface area contributed by atoms with E-state index < -0.39 is 7.75 Å². The maximum Gasteiger partial charge on any atom is 0.241 e. The molecule has 0 fully saturated rings. The second-order valence-corrected chi connectivity index (χ2v) is 4.17. The molecule has 0 aromatic carbocycles. The van der Waals surface area contributed by atoms with Crippen molar-refractivity contribution in [1.29, 1.82) is 0 Å². The van der Waals surface area contributed by atoms with Crippen molar-refractivity contribution in [3.05, 3.63) is 37.4 Å². The number of rotatable bonds is 0. The summed E-state index contributed by atoms with van der Waals surface area (Å²) in [5.41, 5.74) is 3.80. The number of hydrogen-bond acceptors (Lipinski definition) is 3. The van der Waals surface area contributed by atoms with Gasteiger partial charge in [-0.15, -0.1) is 0 Å². The van der Waals surface area contributed by atoms with E-state index in [4.69, 9.17) is 14.4 Å². The molecule has 0 unspecified atom stereocenters. The second-order valence-electron chi connectivity index (χ2n) is 3.09. The molecule has 2 rings (SSSR count). The van der Waals surface area contributed by atoms with E-state index in [-0.39, 0.29) is 0 Å². The van der Waals surface area contributed by atoms with E-state index in [9.17, 15) is 0 Å². The number of H-pyrrole nitrogens is 2. The van der Waals surface area contributed by atoms with Crippen LogP contribution in [-0.2, 0) is 18.7 Å². The lowest BCUT2D eigenvalue weighted by molar-refractivity contribution is -0.670. The fourth-order valence-corrected chi connectivity index (χ4v) is 0.728. The highest BCUT2D eigenvalue weighted by molar-refractivity contribution is 7.45. The summed E-state index contributed by atoms with van der Waals surface area (Å²) >= 11 is 0. The van der Waals surface area contributed by atoms with E-state index in [2.05, 4.69) is 15.5 Å². The van der Waals surface area contributed by atoms with Crippen molar-refractivity contribution in [2.24, 2.45) is 19.6 Å². The first-order valence-electron chi connectivity index (χ1n) is 4.55. The van der Waals surface area contributed by atoms with Gasteiger partial charge < -0.3 is 19.9 Å². The molecule has 0 radical (unpaired) electrons. The molecule has 0 saturated carbocycles. The average molecular weight is 261 g/mol. The summed E-state index contributed by atoms with van der Waals surface area (Å²) in [7, 11) is -0.701. The smallest absolute Gasteiger partial charge is 0.241 e. The summed E-state index contributed by atoms with van der Waals surface area (Å²) in [6.07, 6.45) is 11.4. The van der Waals surface area contributed by atoms with Gasteiger partial charge in [-0.05, 0) is 7.75 Å². The molecule has 0 spiro atoms. The largest absolute Gasteiger partial charge is 0.799 e. The van der Waals surface area contributed by atoms with Gasteiger partial charge in [-0.25, -0.2) is 9.13 Å². The number of aryl methyl sites for hydroxylation is 2. The Morgan fingerprint density at radius 1 is 1.06 bits per heavy atom. The Bertz CT molecular complexity index is 381. The first-order valence-corrected chi connectivity index (χ1v) is 6.17. The van der Waals surface area contributed by atoms with Crippen LogP contribution in [0.5, 0.6) is 0 Å². The summed E-state index contributed by atoms with van der Waals surface area (Å²) in [4.78, 5) is 23.5. The number of aromatic nitrogens is 4. The van der Waals surface area contributed by atoms with E-state index in [1.807, 2.05) is 60.7 Å². The molecule has 9 heteroatoms. The second kappa shape index (κ2) is 7.75. The topological polar surface area (TPSA) is 129 Å². The zero-order chi connectivity index (χ0) is 13.3. The molecular formula is C8H16N5O3P. The van der Waals surface area contributed by atoms with Gasteiger partial charge in [0.25, 0.3) is 0 Å². The Hall–Kier alpha value is -1.47. The fraction of sp³-hybridized carbons (Fsp3) is 0.250. The van der Waals surface area contributed by atoms with E-state index in [0.717, 1.165) is 0 Å². The number of nitrogens with zero attached hydrogens (tertiary/aromatic N) is 2. The van der Waals surface area contributed by atoms with Crippen molar-refractivity contribution in [1.82, 2.24) is 9.97 Å². The number of nitrogens with one attached hydrogen (secondary N) is 2. The first-order chi connectivity index (χ1) is 7.79. The standard InChI is InChI=1S/2C4H6N2.H4NO3P/c2*1-6-3-2-5-4-6;1-5(2,3)4/h2*2-4H,1H3;(H4,1,2,3,4). The van der Waals surface area contributed by atoms with Crippen LogP contribution in [0.25, 0.3) is 0 Å². The van der Waals surface area contributed by atoms with Gasteiger partial charge in [0.2, 0.25) is 12.7 Å². The quantitative estimate of drug-likeness (QED) is 0.356. The summed E-state index contributed by atoms with van der Waals surface area (Å²) < 4.78 is 12.8. The molecule has 0 aliphatic rings. The Kier molecular flexibility index (Phi) is 7.08.